The second-order valence-corrected chi connectivity index (χ2v) is 4.95. The lowest BCUT2D eigenvalue weighted by Crippen LogP contribution is -1.96. The van der Waals surface area contributed by atoms with E-state index >= 15 is 0 Å². The topological polar surface area (TPSA) is 12.9 Å². The third-order valence-electron chi connectivity index (χ3n) is 2.39. The summed E-state index contributed by atoms with van der Waals surface area (Å²) in [6, 6.07) is 6.11. The van der Waals surface area contributed by atoms with Crippen LogP contribution < -0.4 is 0 Å². The Labute approximate surface area is 107 Å². The molecule has 0 spiro atoms. The second-order valence-electron chi connectivity index (χ2n) is 3.92. The molecule has 18 heavy (non-hydrogen) atoms. The summed E-state index contributed by atoms with van der Waals surface area (Å²) in [5.41, 5.74) is 2.02. The van der Waals surface area contributed by atoms with Gasteiger partial charge in [0.05, 0.1) is 0 Å². The van der Waals surface area contributed by atoms with Crippen molar-refractivity contribution in [3.63, 3.8) is 0 Å². The molecule has 0 saturated carbocycles. The number of hydrogen-bond acceptors (Lipinski definition) is 2. The molecule has 0 aliphatic carbocycles. The van der Waals surface area contributed by atoms with Crippen LogP contribution in [0.2, 0.25) is 0 Å². The Hall–Kier alpha value is -1.49. The number of aryl methyl sites for hydroxylation is 2. The van der Waals surface area contributed by atoms with Crippen LogP contribution in [0.15, 0.2) is 34.2 Å². The molecular weight excluding hydrogens is 259 g/mol. The van der Waals surface area contributed by atoms with Crippen molar-refractivity contribution in [1.82, 2.24) is 4.98 Å². The first-order valence-corrected chi connectivity index (χ1v) is 6.05. The maximum atomic E-state index is 13.4. The van der Waals surface area contributed by atoms with E-state index in [2.05, 4.69) is 4.98 Å². The van der Waals surface area contributed by atoms with E-state index in [9.17, 15) is 13.2 Å². The van der Waals surface area contributed by atoms with Crippen molar-refractivity contribution in [3.8, 4) is 0 Å². The Kier molecular flexibility index (Phi) is 3.61. The number of halogens is 3. The fourth-order valence-electron chi connectivity index (χ4n) is 1.52. The van der Waals surface area contributed by atoms with E-state index in [-0.39, 0.29) is 5.03 Å². The maximum Gasteiger partial charge on any atom is 0.250 e. The fourth-order valence-corrected chi connectivity index (χ4v) is 2.36. The standard InChI is InChI=1S/C13H10F3NS/c1-7-3-4-11(8(2)5-7)18-13-10(15)6-9(14)12(16)17-13/h3-6H,1-2H3. The van der Waals surface area contributed by atoms with Crippen LogP contribution >= 0.6 is 11.8 Å². The molecule has 1 aromatic heterocycles. The monoisotopic (exact) mass is 269 g/mol. The van der Waals surface area contributed by atoms with Crippen molar-refractivity contribution < 1.29 is 13.2 Å². The summed E-state index contributed by atoms with van der Waals surface area (Å²) in [6.45, 7) is 3.81. The minimum absolute atomic E-state index is 0.166. The molecule has 0 atom stereocenters. The average molecular weight is 269 g/mol. The lowest BCUT2D eigenvalue weighted by molar-refractivity contribution is 0.448. The van der Waals surface area contributed by atoms with Gasteiger partial charge in [0.1, 0.15) is 5.03 Å². The third kappa shape index (κ3) is 2.67. The van der Waals surface area contributed by atoms with Gasteiger partial charge in [-0.1, -0.05) is 29.5 Å². The number of rotatable bonds is 2. The highest BCUT2D eigenvalue weighted by Gasteiger charge is 2.13. The van der Waals surface area contributed by atoms with Gasteiger partial charge in [-0.3, -0.25) is 0 Å². The van der Waals surface area contributed by atoms with Crippen LogP contribution in [0.3, 0.4) is 0 Å². The van der Waals surface area contributed by atoms with Crippen LogP contribution in [-0.4, -0.2) is 4.98 Å². The predicted octanol–water partition coefficient (Wildman–Crippen LogP) is 4.27. The molecule has 1 nitrogen and oxygen atoms in total. The van der Waals surface area contributed by atoms with E-state index in [1.54, 1.807) is 6.07 Å². The van der Waals surface area contributed by atoms with Crippen LogP contribution in [-0.2, 0) is 0 Å². The second kappa shape index (κ2) is 5.02. The van der Waals surface area contributed by atoms with Crippen molar-refractivity contribution >= 4 is 11.8 Å². The summed E-state index contributed by atoms with van der Waals surface area (Å²) in [6.07, 6.45) is 0. The van der Waals surface area contributed by atoms with Gasteiger partial charge < -0.3 is 0 Å². The molecule has 0 unspecified atom stereocenters. The molecule has 0 bridgehead atoms. The van der Waals surface area contributed by atoms with Crippen LogP contribution in [0.1, 0.15) is 11.1 Å². The zero-order chi connectivity index (χ0) is 13.3. The van der Waals surface area contributed by atoms with E-state index in [0.717, 1.165) is 27.8 Å². The Morgan fingerprint density at radius 2 is 1.72 bits per heavy atom. The van der Waals surface area contributed by atoms with E-state index < -0.39 is 17.6 Å². The fraction of sp³-hybridized carbons (Fsp3) is 0.154. The van der Waals surface area contributed by atoms with Gasteiger partial charge in [0.2, 0.25) is 5.95 Å². The minimum atomic E-state index is -1.29. The van der Waals surface area contributed by atoms with Gasteiger partial charge in [0.25, 0.3) is 0 Å². The molecule has 0 saturated heterocycles. The van der Waals surface area contributed by atoms with Crippen molar-refractivity contribution in [2.45, 2.75) is 23.8 Å². The number of pyridine rings is 1. The Bertz CT molecular complexity index is 599. The Morgan fingerprint density at radius 3 is 2.39 bits per heavy atom. The molecule has 0 aliphatic heterocycles. The van der Waals surface area contributed by atoms with Gasteiger partial charge in [-0.15, -0.1) is 0 Å². The first kappa shape index (κ1) is 13.0. The van der Waals surface area contributed by atoms with E-state index in [1.165, 1.54) is 0 Å². The van der Waals surface area contributed by atoms with Crippen LogP contribution in [0, 0.1) is 31.4 Å². The van der Waals surface area contributed by atoms with Gasteiger partial charge in [-0.25, -0.2) is 13.8 Å². The Balaban J connectivity index is 2.37. The summed E-state index contributed by atoms with van der Waals surface area (Å²) in [4.78, 5) is 4.04. The van der Waals surface area contributed by atoms with Crippen molar-refractivity contribution in [2.75, 3.05) is 0 Å². The van der Waals surface area contributed by atoms with Gasteiger partial charge >= 0.3 is 0 Å². The molecule has 1 heterocycles. The summed E-state index contributed by atoms with van der Waals surface area (Å²) < 4.78 is 39.1. The van der Waals surface area contributed by atoms with Crippen LogP contribution in [0.4, 0.5) is 13.2 Å². The highest BCUT2D eigenvalue weighted by atomic mass is 32.2. The largest absolute Gasteiger partial charge is 0.250 e. The first-order chi connectivity index (χ1) is 8.47. The zero-order valence-electron chi connectivity index (χ0n) is 9.80. The number of nitrogens with zero attached hydrogens (tertiary/aromatic N) is 1. The predicted molar refractivity (Wildman–Crippen MR) is 64.2 cm³/mol. The molecule has 1 aromatic carbocycles. The summed E-state index contributed by atoms with van der Waals surface area (Å²) >= 11 is 0.980. The summed E-state index contributed by atoms with van der Waals surface area (Å²) in [5.74, 6) is -3.43. The molecular formula is C13H10F3NS. The molecule has 94 valence electrons. The smallest absolute Gasteiger partial charge is 0.207 e. The van der Waals surface area contributed by atoms with Crippen molar-refractivity contribution in [3.05, 3.63) is 53.0 Å². The minimum Gasteiger partial charge on any atom is -0.207 e. The lowest BCUT2D eigenvalue weighted by Gasteiger charge is -2.07. The van der Waals surface area contributed by atoms with Gasteiger partial charge in [0.15, 0.2) is 11.6 Å². The molecule has 0 aliphatic rings. The normalized spacial score (nSPS) is 10.7. The first-order valence-electron chi connectivity index (χ1n) is 5.24. The van der Waals surface area contributed by atoms with Crippen molar-refractivity contribution in [1.29, 1.82) is 0 Å². The number of hydrogen-bond donors (Lipinski definition) is 0. The molecule has 5 heteroatoms. The highest BCUT2D eigenvalue weighted by molar-refractivity contribution is 7.99. The van der Waals surface area contributed by atoms with Gasteiger partial charge in [-0.05, 0) is 25.5 Å². The summed E-state index contributed by atoms with van der Waals surface area (Å²) in [7, 11) is 0. The Morgan fingerprint density at radius 1 is 1.00 bits per heavy atom. The SMILES string of the molecule is Cc1ccc(Sc2nc(F)c(F)cc2F)c(C)c1. The van der Waals surface area contributed by atoms with E-state index in [4.69, 9.17) is 0 Å². The molecule has 2 aromatic rings. The van der Waals surface area contributed by atoms with Gasteiger partial charge in [-0.2, -0.15) is 4.39 Å². The van der Waals surface area contributed by atoms with Gasteiger partial charge in [0, 0.05) is 11.0 Å². The van der Waals surface area contributed by atoms with E-state index in [1.807, 2.05) is 26.0 Å². The zero-order valence-corrected chi connectivity index (χ0v) is 10.6. The quantitative estimate of drug-likeness (QED) is 0.755. The number of benzene rings is 1. The molecule has 0 N–H and O–H groups in total. The molecule has 0 amide bonds. The maximum absolute atomic E-state index is 13.4. The molecule has 2 rings (SSSR count). The third-order valence-corrected chi connectivity index (χ3v) is 3.55. The number of aromatic nitrogens is 1. The lowest BCUT2D eigenvalue weighted by atomic mass is 10.2. The van der Waals surface area contributed by atoms with E-state index in [0.29, 0.717) is 6.07 Å². The van der Waals surface area contributed by atoms with Crippen LogP contribution in [0.25, 0.3) is 0 Å². The van der Waals surface area contributed by atoms with Crippen molar-refractivity contribution in [2.24, 2.45) is 0 Å². The van der Waals surface area contributed by atoms with Crippen LogP contribution in [0.5, 0.6) is 0 Å². The summed E-state index contributed by atoms with van der Waals surface area (Å²) in [5, 5.41) is -0.166. The highest BCUT2D eigenvalue weighted by Crippen LogP contribution is 2.31. The molecule has 0 radical (unpaired) electrons. The molecule has 0 fully saturated rings. The average Bonchev–Trinajstić information content (AvgIpc) is 2.29.